The Labute approximate surface area is 146 Å². The van der Waals surface area contributed by atoms with Gasteiger partial charge in [-0.05, 0) is 29.1 Å². The fourth-order valence-electron chi connectivity index (χ4n) is 2.49. The molecule has 0 bridgehead atoms. The molecule has 3 rings (SSSR count). The number of nitrogens with zero attached hydrogens (tertiary/aromatic N) is 1. The van der Waals surface area contributed by atoms with Gasteiger partial charge in [0.25, 0.3) is 0 Å². The molecule has 1 aromatic heterocycles. The zero-order valence-electron chi connectivity index (χ0n) is 14.0. The van der Waals surface area contributed by atoms with Crippen molar-refractivity contribution >= 4 is 17.2 Å². The maximum Gasteiger partial charge on any atom is 0.237 e. The zero-order valence-corrected chi connectivity index (χ0v) is 14.8. The molecule has 1 N–H and O–H groups in total. The Kier molecular flexibility index (Phi) is 5.37. The monoisotopic (exact) mass is 346 g/mol. The van der Waals surface area contributed by atoms with E-state index in [9.17, 15) is 4.79 Å². The topological polar surface area (TPSA) is 50.8 Å². The Morgan fingerprint density at radius 2 is 2.08 bits per heavy atom. The summed E-state index contributed by atoms with van der Waals surface area (Å²) >= 11 is 1.66. The summed E-state index contributed by atoms with van der Waals surface area (Å²) in [5, 5.41) is 5.23. The quantitative estimate of drug-likeness (QED) is 0.837. The second kappa shape index (κ2) is 7.68. The van der Waals surface area contributed by atoms with Crippen LogP contribution in [0.5, 0.6) is 11.5 Å². The van der Waals surface area contributed by atoms with Gasteiger partial charge < -0.3 is 19.7 Å². The summed E-state index contributed by atoms with van der Waals surface area (Å²) in [5.74, 6) is 1.60. The number of amides is 1. The molecule has 0 radical (unpaired) electrons. The van der Waals surface area contributed by atoms with Gasteiger partial charge in [-0.25, -0.2) is 0 Å². The van der Waals surface area contributed by atoms with Crippen LogP contribution in [0, 0.1) is 0 Å². The highest BCUT2D eigenvalue weighted by molar-refractivity contribution is 7.09. The molecule has 1 aliphatic heterocycles. The summed E-state index contributed by atoms with van der Waals surface area (Å²) in [6, 6.07) is 10.2. The molecule has 0 aliphatic carbocycles. The van der Waals surface area contributed by atoms with E-state index < -0.39 is 0 Å². The second-order valence-electron chi connectivity index (χ2n) is 6.05. The number of nitrogens with one attached hydrogen (secondary N) is 1. The molecule has 1 aliphatic rings. The molecule has 5 nitrogen and oxygen atoms in total. The minimum absolute atomic E-state index is 0.0924. The Morgan fingerprint density at radius 3 is 2.83 bits per heavy atom. The van der Waals surface area contributed by atoms with Gasteiger partial charge in [-0.1, -0.05) is 26.0 Å². The van der Waals surface area contributed by atoms with Crippen molar-refractivity contribution in [3.63, 3.8) is 0 Å². The van der Waals surface area contributed by atoms with E-state index in [0.717, 1.165) is 17.1 Å². The number of carbonyl (C=O) groups excluding carboxylic acids is 1. The molecule has 0 unspecified atom stereocenters. The lowest BCUT2D eigenvalue weighted by molar-refractivity contribution is -0.131. The van der Waals surface area contributed by atoms with Crippen molar-refractivity contribution in [3.8, 4) is 11.5 Å². The van der Waals surface area contributed by atoms with Crippen molar-refractivity contribution in [2.24, 2.45) is 0 Å². The fourth-order valence-corrected chi connectivity index (χ4v) is 3.21. The Hall–Kier alpha value is -2.05. The molecule has 2 aromatic rings. The number of carbonyl (C=O) groups is 1. The molecule has 128 valence electrons. The first-order valence-electron chi connectivity index (χ1n) is 8.04. The smallest absolute Gasteiger partial charge is 0.237 e. The number of rotatable bonds is 7. The molecule has 1 aromatic carbocycles. The number of hydrogen-bond acceptors (Lipinski definition) is 5. The number of thiophene rings is 1. The average Bonchev–Trinajstić information content (AvgIpc) is 3.22. The third kappa shape index (κ3) is 4.27. The van der Waals surface area contributed by atoms with Gasteiger partial charge in [0.2, 0.25) is 12.7 Å². The van der Waals surface area contributed by atoms with Crippen LogP contribution < -0.4 is 14.8 Å². The van der Waals surface area contributed by atoms with E-state index >= 15 is 0 Å². The number of fused-ring (bicyclic) bond motifs is 1. The van der Waals surface area contributed by atoms with Gasteiger partial charge in [0, 0.05) is 17.5 Å². The normalized spacial score (nSPS) is 12.6. The summed E-state index contributed by atoms with van der Waals surface area (Å²) in [5.41, 5.74) is 1.04. The van der Waals surface area contributed by atoms with E-state index in [1.54, 1.807) is 11.3 Å². The Balaban J connectivity index is 1.72. The van der Waals surface area contributed by atoms with Crippen LogP contribution >= 0.6 is 11.3 Å². The summed E-state index contributed by atoms with van der Waals surface area (Å²) in [6.45, 7) is 5.84. The summed E-state index contributed by atoms with van der Waals surface area (Å²) < 4.78 is 10.8. The molecule has 6 heteroatoms. The van der Waals surface area contributed by atoms with Crippen molar-refractivity contribution in [2.45, 2.75) is 33.0 Å². The van der Waals surface area contributed by atoms with Gasteiger partial charge in [0.05, 0.1) is 13.1 Å². The van der Waals surface area contributed by atoms with Gasteiger partial charge in [-0.15, -0.1) is 11.3 Å². The lowest BCUT2D eigenvalue weighted by Gasteiger charge is -2.23. The predicted molar refractivity (Wildman–Crippen MR) is 94.3 cm³/mol. The van der Waals surface area contributed by atoms with Crippen LogP contribution in [0.3, 0.4) is 0 Å². The van der Waals surface area contributed by atoms with Crippen molar-refractivity contribution in [2.75, 3.05) is 13.3 Å². The second-order valence-corrected chi connectivity index (χ2v) is 7.08. The first-order valence-corrected chi connectivity index (χ1v) is 8.92. The molecular formula is C18H22N2O3S. The molecule has 0 saturated heterocycles. The lowest BCUT2D eigenvalue weighted by atomic mass is 10.2. The highest BCUT2D eigenvalue weighted by atomic mass is 32.1. The zero-order chi connectivity index (χ0) is 16.9. The molecule has 0 saturated carbocycles. The summed E-state index contributed by atoms with van der Waals surface area (Å²) in [7, 11) is 0. The maximum atomic E-state index is 12.6. The predicted octanol–water partition coefficient (Wildman–Crippen LogP) is 3.00. The first kappa shape index (κ1) is 16.8. The highest BCUT2D eigenvalue weighted by Gasteiger charge is 2.18. The molecule has 1 amide bonds. The fraction of sp³-hybridized carbons (Fsp3) is 0.389. The van der Waals surface area contributed by atoms with E-state index in [1.165, 1.54) is 4.88 Å². The molecule has 0 spiro atoms. The third-order valence-electron chi connectivity index (χ3n) is 3.75. The van der Waals surface area contributed by atoms with Gasteiger partial charge in [-0.3, -0.25) is 4.79 Å². The minimum Gasteiger partial charge on any atom is -0.454 e. The van der Waals surface area contributed by atoms with Gasteiger partial charge in [-0.2, -0.15) is 0 Å². The van der Waals surface area contributed by atoms with E-state index in [2.05, 4.69) is 11.4 Å². The van der Waals surface area contributed by atoms with E-state index in [1.807, 2.05) is 48.4 Å². The van der Waals surface area contributed by atoms with Gasteiger partial charge in [0.1, 0.15) is 0 Å². The van der Waals surface area contributed by atoms with Crippen LogP contribution in [0.2, 0.25) is 0 Å². The Bertz CT molecular complexity index is 686. The Morgan fingerprint density at radius 1 is 1.25 bits per heavy atom. The highest BCUT2D eigenvalue weighted by Crippen LogP contribution is 2.33. The van der Waals surface area contributed by atoms with E-state index in [4.69, 9.17) is 9.47 Å². The largest absolute Gasteiger partial charge is 0.454 e. The van der Waals surface area contributed by atoms with Crippen LogP contribution in [0.4, 0.5) is 0 Å². The van der Waals surface area contributed by atoms with Crippen molar-refractivity contribution in [3.05, 3.63) is 46.2 Å². The number of hydrogen-bond donors (Lipinski definition) is 1. The lowest BCUT2D eigenvalue weighted by Crippen LogP contribution is -2.39. The maximum absolute atomic E-state index is 12.6. The third-order valence-corrected chi connectivity index (χ3v) is 4.61. The van der Waals surface area contributed by atoms with Crippen molar-refractivity contribution in [1.29, 1.82) is 0 Å². The first-order chi connectivity index (χ1) is 11.6. The molecule has 0 atom stereocenters. The van der Waals surface area contributed by atoms with Crippen LogP contribution in [-0.4, -0.2) is 30.2 Å². The van der Waals surface area contributed by atoms with Crippen LogP contribution in [0.15, 0.2) is 35.7 Å². The molecule has 2 heterocycles. The van der Waals surface area contributed by atoms with Crippen LogP contribution in [0.25, 0.3) is 0 Å². The van der Waals surface area contributed by atoms with Crippen molar-refractivity contribution < 1.29 is 14.3 Å². The summed E-state index contributed by atoms with van der Waals surface area (Å²) in [6.07, 6.45) is 0. The number of ether oxygens (including phenoxy) is 2. The molecule has 0 fully saturated rings. The van der Waals surface area contributed by atoms with Crippen LogP contribution in [-0.2, 0) is 17.9 Å². The molecular weight excluding hydrogens is 324 g/mol. The van der Waals surface area contributed by atoms with Crippen molar-refractivity contribution in [1.82, 2.24) is 10.2 Å². The average molecular weight is 346 g/mol. The van der Waals surface area contributed by atoms with E-state index in [0.29, 0.717) is 19.6 Å². The minimum atomic E-state index is 0.0924. The van der Waals surface area contributed by atoms with E-state index in [-0.39, 0.29) is 18.7 Å². The molecule has 24 heavy (non-hydrogen) atoms. The van der Waals surface area contributed by atoms with Gasteiger partial charge >= 0.3 is 0 Å². The van der Waals surface area contributed by atoms with Gasteiger partial charge in [0.15, 0.2) is 11.5 Å². The standard InChI is InChI=1S/C18H22N2O3S/c1-13(2)19-9-18(21)20(11-15-4-3-7-24-15)10-14-5-6-16-17(8-14)23-12-22-16/h3-8,13,19H,9-12H2,1-2H3. The summed E-state index contributed by atoms with van der Waals surface area (Å²) in [4.78, 5) is 15.7. The SMILES string of the molecule is CC(C)NCC(=O)N(Cc1ccc2c(c1)OCO2)Cc1cccs1. The van der Waals surface area contributed by atoms with Crippen LogP contribution in [0.1, 0.15) is 24.3 Å². The number of benzene rings is 1.